The Kier molecular flexibility index (Phi) is 13.3. The molecule has 148 valence electrons. The summed E-state index contributed by atoms with van der Waals surface area (Å²) < 4.78 is 85.2. The first-order chi connectivity index (χ1) is 10.3. The second kappa shape index (κ2) is 11.5. The predicted molar refractivity (Wildman–Crippen MR) is 64.4 cm³/mol. The van der Waals surface area contributed by atoms with E-state index in [0.717, 1.165) is 19.3 Å². The Labute approximate surface area is 143 Å². The minimum Gasteiger partial charge on any atom is -0.477 e. The Bertz CT molecular complexity index is 386. The van der Waals surface area contributed by atoms with Crippen LogP contribution in [0.25, 0.3) is 0 Å². The van der Waals surface area contributed by atoms with E-state index in [1.807, 2.05) is 6.92 Å². The molecule has 0 aromatic carbocycles. The van der Waals surface area contributed by atoms with Crippen LogP contribution in [0.3, 0.4) is 0 Å². The fraction of sp³-hybridized carbons (Fsp3) is 0.833. The normalized spacial score (nSPS) is 11.7. The van der Waals surface area contributed by atoms with Crippen LogP contribution in [0.5, 0.6) is 0 Å². The van der Waals surface area contributed by atoms with Crippen LogP contribution in [-0.2, 0) is 30.8 Å². The molecule has 0 aliphatic rings. The van der Waals surface area contributed by atoms with Gasteiger partial charge in [-0.25, -0.2) is 4.79 Å². The van der Waals surface area contributed by atoms with Crippen molar-refractivity contribution in [3.8, 4) is 0 Å². The van der Waals surface area contributed by atoms with Crippen LogP contribution in [0.1, 0.15) is 39.5 Å². The van der Waals surface area contributed by atoms with E-state index in [2.05, 4.69) is 6.92 Å². The number of carbonyl (C=O) groups excluding carboxylic acids is 1. The Morgan fingerprint density at radius 3 is 1.67 bits per heavy atom. The van der Waals surface area contributed by atoms with Crippen LogP contribution in [0, 0.1) is 0 Å². The zero-order valence-electron chi connectivity index (χ0n) is 12.7. The molecule has 0 bridgehead atoms. The Morgan fingerprint density at radius 1 is 0.958 bits per heavy atom. The maximum Gasteiger partial charge on any atom is 0.460 e. The van der Waals surface area contributed by atoms with Crippen molar-refractivity contribution in [3.63, 3.8) is 0 Å². The summed E-state index contributed by atoms with van der Waals surface area (Å²) in [4.78, 5) is 20.1. The molecule has 0 heterocycles. The van der Waals surface area contributed by atoms with Crippen molar-refractivity contribution >= 4 is 11.9 Å². The minimum atomic E-state index is -6.60. The molecule has 1 N–H and O–H groups in total. The van der Waals surface area contributed by atoms with Crippen molar-refractivity contribution in [2.75, 3.05) is 6.61 Å². The first-order valence-corrected chi connectivity index (χ1v) is 6.47. The van der Waals surface area contributed by atoms with Gasteiger partial charge in [-0.15, -0.1) is 0 Å². The Balaban J connectivity index is -0.000000364. The summed E-state index contributed by atoms with van der Waals surface area (Å²) >= 11 is 0. The van der Waals surface area contributed by atoms with E-state index >= 15 is 0 Å². The topological polar surface area (TPSA) is 63.6 Å². The number of carbonyl (C=O) groups is 2. The first kappa shape index (κ1) is 27.8. The summed E-state index contributed by atoms with van der Waals surface area (Å²) in [5.41, 5.74) is 0. The second-order valence-electron chi connectivity index (χ2n) is 4.21. The number of unbranched alkanes of at least 4 members (excludes halogenated alkanes) is 2. The van der Waals surface area contributed by atoms with Gasteiger partial charge in [0.2, 0.25) is 0 Å². The summed E-state index contributed by atoms with van der Waals surface area (Å²) in [7, 11) is 0. The van der Waals surface area contributed by atoms with Gasteiger partial charge in [0.05, 0.1) is 6.61 Å². The van der Waals surface area contributed by atoms with E-state index in [-0.39, 0.29) is 22.5 Å². The number of halogens is 7. The monoisotopic (exact) mass is 416 g/mol. The van der Waals surface area contributed by atoms with Crippen molar-refractivity contribution in [2.24, 2.45) is 0 Å². The third kappa shape index (κ3) is 8.70. The molecule has 0 saturated heterocycles. The molecule has 12 heteroatoms. The number of rotatable bonds is 7. The van der Waals surface area contributed by atoms with Crippen molar-refractivity contribution in [2.45, 2.75) is 57.6 Å². The van der Waals surface area contributed by atoms with Gasteiger partial charge in [-0.05, 0) is 13.3 Å². The van der Waals surface area contributed by atoms with Gasteiger partial charge in [-0.1, -0.05) is 19.8 Å². The van der Waals surface area contributed by atoms with Crippen molar-refractivity contribution < 1.29 is 66.7 Å². The number of ether oxygens (including phenoxy) is 1. The molecule has 0 aliphatic heterocycles. The van der Waals surface area contributed by atoms with Gasteiger partial charge in [0.15, 0.2) is 0 Å². The van der Waals surface area contributed by atoms with E-state index < -0.39 is 24.0 Å². The molecule has 4 nitrogen and oxygen atoms in total. The van der Waals surface area contributed by atoms with Crippen LogP contribution in [0.4, 0.5) is 30.7 Å². The van der Waals surface area contributed by atoms with Crippen molar-refractivity contribution in [1.29, 1.82) is 0 Å². The number of aliphatic carboxylic acids is 1. The molecule has 0 spiro atoms. The van der Waals surface area contributed by atoms with Crippen LogP contribution < -0.4 is 0 Å². The second-order valence-corrected chi connectivity index (χ2v) is 4.21. The largest absolute Gasteiger partial charge is 0.477 e. The molecule has 0 rings (SSSR count). The maximum atomic E-state index is 11.8. The Morgan fingerprint density at radius 2 is 1.42 bits per heavy atom. The zero-order valence-corrected chi connectivity index (χ0v) is 13.7. The number of carboxylic acid groups (broad SMARTS) is 1. The number of esters is 1. The molecule has 0 radical (unpaired) electrons. The average Bonchev–Trinajstić information content (AvgIpc) is 2.38. The van der Waals surface area contributed by atoms with Gasteiger partial charge in [-0.2, -0.15) is 30.7 Å². The molecule has 0 unspecified atom stereocenters. The molecular weight excluding hydrogens is 400 g/mol. The zero-order chi connectivity index (χ0) is 18.9. The average molecular weight is 417 g/mol. The van der Waals surface area contributed by atoms with E-state index in [1.54, 1.807) is 0 Å². The van der Waals surface area contributed by atoms with Gasteiger partial charge >= 0.3 is 30.0 Å². The van der Waals surface area contributed by atoms with Gasteiger partial charge in [0.1, 0.15) is 0 Å². The predicted octanol–water partition coefficient (Wildman–Crippen LogP) is 4.03. The SMILES string of the molecule is CCCCCC(=O)OCC.O=C(O)C(F)(F)C(F)(F)C(F)(F)F.[Ni]. The summed E-state index contributed by atoms with van der Waals surface area (Å²) in [5, 5.41) is 7.41. The molecule has 0 atom stereocenters. The summed E-state index contributed by atoms with van der Waals surface area (Å²) in [6.45, 7) is 4.45. The fourth-order valence-electron chi connectivity index (χ4n) is 1.06. The van der Waals surface area contributed by atoms with Crippen molar-refractivity contribution in [1.82, 2.24) is 0 Å². The Hall–Kier alpha value is -1.06. The van der Waals surface area contributed by atoms with E-state index in [1.165, 1.54) is 0 Å². The van der Waals surface area contributed by atoms with E-state index in [4.69, 9.17) is 9.84 Å². The fourth-order valence-corrected chi connectivity index (χ4v) is 1.06. The van der Waals surface area contributed by atoms with E-state index in [9.17, 15) is 40.3 Å². The van der Waals surface area contributed by atoms with Crippen LogP contribution >= 0.6 is 0 Å². The molecule has 0 aromatic heterocycles. The van der Waals surface area contributed by atoms with Gasteiger partial charge in [0.25, 0.3) is 0 Å². The third-order valence-corrected chi connectivity index (χ3v) is 2.31. The van der Waals surface area contributed by atoms with Crippen LogP contribution in [0.2, 0.25) is 0 Å². The van der Waals surface area contributed by atoms with Crippen LogP contribution in [0.15, 0.2) is 0 Å². The summed E-state index contributed by atoms with van der Waals surface area (Å²) in [6.07, 6.45) is -2.77. The standard InChI is InChI=1S/C8H16O2.C4HF7O2.Ni/c1-3-5-6-7-8(9)10-4-2;5-2(6,1(12)13)3(7,8)4(9,10)11;/h3-7H2,1-2H3;(H,12,13);. The third-order valence-electron chi connectivity index (χ3n) is 2.31. The summed E-state index contributed by atoms with van der Waals surface area (Å²) in [6, 6.07) is 0. The number of hydrogen-bond acceptors (Lipinski definition) is 3. The smallest absolute Gasteiger partial charge is 0.460 e. The molecule has 0 saturated carbocycles. The molecule has 0 aliphatic carbocycles. The van der Waals surface area contributed by atoms with E-state index in [0.29, 0.717) is 13.0 Å². The first-order valence-electron chi connectivity index (χ1n) is 6.47. The molecule has 0 aromatic rings. The minimum absolute atomic E-state index is 0. The van der Waals surface area contributed by atoms with Gasteiger partial charge in [0, 0.05) is 22.9 Å². The number of alkyl halides is 7. The number of carboxylic acids is 1. The van der Waals surface area contributed by atoms with Gasteiger partial charge in [-0.3, -0.25) is 4.79 Å². The van der Waals surface area contributed by atoms with Crippen molar-refractivity contribution in [3.05, 3.63) is 0 Å². The molecular formula is C12H17F7NiO4. The number of hydrogen-bond donors (Lipinski definition) is 1. The van der Waals surface area contributed by atoms with Crippen LogP contribution in [-0.4, -0.2) is 41.7 Å². The van der Waals surface area contributed by atoms with Gasteiger partial charge < -0.3 is 9.84 Å². The molecule has 0 amide bonds. The maximum absolute atomic E-state index is 11.8. The summed E-state index contributed by atoms with van der Waals surface area (Å²) in [5.74, 6) is -16.3. The molecule has 0 fully saturated rings. The quantitative estimate of drug-likeness (QED) is 0.294. The molecule has 24 heavy (non-hydrogen) atoms.